The predicted molar refractivity (Wildman–Crippen MR) is 88.9 cm³/mol. The molecule has 1 aliphatic rings. The van der Waals surface area contributed by atoms with E-state index in [0.717, 1.165) is 0 Å². The maximum Gasteiger partial charge on any atom is 0.286 e. The van der Waals surface area contributed by atoms with Crippen molar-refractivity contribution in [3.05, 3.63) is 54.3 Å². The SMILES string of the molecule is O=C(CCC1=NS(=O)(=O)c2ccccc2N1)Nc1ccc(F)cc1. The van der Waals surface area contributed by atoms with E-state index >= 15 is 0 Å². The Morgan fingerprint density at radius 1 is 1.12 bits per heavy atom. The minimum Gasteiger partial charge on any atom is -0.342 e. The number of amidine groups is 1. The number of sulfonamides is 1. The molecule has 0 aliphatic carbocycles. The van der Waals surface area contributed by atoms with Crippen molar-refractivity contribution in [2.24, 2.45) is 4.40 Å². The van der Waals surface area contributed by atoms with Crippen LogP contribution in [-0.2, 0) is 14.8 Å². The second kappa shape index (κ2) is 6.40. The molecule has 0 aromatic heterocycles. The lowest BCUT2D eigenvalue weighted by Crippen LogP contribution is -2.23. The zero-order valence-corrected chi connectivity index (χ0v) is 13.3. The van der Waals surface area contributed by atoms with Crippen molar-refractivity contribution in [3.63, 3.8) is 0 Å². The Labute approximate surface area is 138 Å². The molecule has 124 valence electrons. The number of halogens is 1. The van der Waals surface area contributed by atoms with Gasteiger partial charge in [-0.2, -0.15) is 8.42 Å². The summed E-state index contributed by atoms with van der Waals surface area (Å²) in [4.78, 5) is 12.0. The van der Waals surface area contributed by atoms with Gasteiger partial charge >= 0.3 is 0 Å². The first-order chi connectivity index (χ1) is 11.4. The lowest BCUT2D eigenvalue weighted by Gasteiger charge is -2.17. The molecule has 2 N–H and O–H groups in total. The summed E-state index contributed by atoms with van der Waals surface area (Å²) < 4.78 is 40.7. The molecule has 2 aromatic rings. The van der Waals surface area contributed by atoms with E-state index in [9.17, 15) is 17.6 Å². The molecule has 1 heterocycles. The van der Waals surface area contributed by atoms with E-state index in [1.807, 2.05) is 0 Å². The Morgan fingerprint density at radius 2 is 1.83 bits per heavy atom. The third-order valence-electron chi connectivity index (χ3n) is 3.39. The van der Waals surface area contributed by atoms with Crippen molar-refractivity contribution >= 4 is 33.1 Å². The van der Waals surface area contributed by atoms with Crippen LogP contribution < -0.4 is 10.6 Å². The number of nitrogens with one attached hydrogen (secondary N) is 2. The summed E-state index contributed by atoms with van der Waals surface area (Å²) >= 11 is 0. The van der Waals surface area contributed by atoms with E-state index in [0.29, 0.717) is 11.4 Å². The van der Waals surface area contributed by atoms with Crippen molar-refractivity contribution in [1.29, 1.82) is 0 Å². The van der Waals surface area contributed by atoms with Crippen LogP contribution in [0.1, 0.15) is 12.8 Å². The largest absolute Gasteiger partial charge is 0.342 e. The fourth-order valence-electron chi connectivity index (χ4n) is 2.26. The van der Waals surface area contributed by atoms with E-state index < -0.39 is 15.8 Å². The smallest absolute Gasteiger partial charge is 0.286 e. The molecular weight excluding hydrogens is 333 g/mol. The maximum absolute atomic E-state index is 12.8. The van der Waals surface area contributed by atoms with E-state index in [4.69, 9.17) is 0 Å². The molecule has 0 radical (unpaired) electrons. The van der Waals surface area contributed by atoms with E-state index in [-0.39, 0.29) is 29.5 Å². The van der Waals surface area contributed by atoms with Crippen LogP contribution in [0.2, 0.25) is 0 Å². The molecule has 0 saturated carbocycles. The van der Waals surface area contributed by atoms with Gasteiger partial charge in [0.25, 0.3) is 10.0 Å². The first-order valence-electron chi connectivity index (χ1n) is 7.19. The van der Waals surface area contributed by atoms with Gasteiger partial charge in [-0.1, -0.05) is 12.1 Å². The van der Waals surface area contributed by atoms with Crippen molar-refractivity contribution in [3.8, 4) is 0 Å². The van der Waals surface area contributed by atoms with Crippen LogP contribution in [0.5, 0.6) is 0 Å². The fourth-order valence-corrected chi connectivity index (χ4v) is 3.44. The molecule has 1 aliphatic heterocycles. The maximum atomic E-state index is 12.8. The zero-order valence-electron chi connectivity index (χ0n) is 12.5. The number of carbonyl (C=O) groups is 1. The molecule has 0 bridgehead atoms. The second-order valence-electron chi connectivity index (χ2n) is 5.19. The molecule has 0 atom stereocenters. The molecule has 2 aromatic carbocycles. The molecule has 0 spiro atoms. The van der Waals surface area contributed by atoms with Gasteiger partial charge in [0.15, 0.2) is 0 Å². The standard InChI is InChI=1S/C16H14FN3O3S/c17-11-5-7-12(8-6-11)18-16(21)10-9-15-19-13-3-1-2-4-14(13)24(22,23)20-15/h1-8H,9-10H2,(H,18,21)(H,19,20). The molecule has 6 nitrogen and oxygen atoms in total. The van der Waals surface area contributed by atoms with Crippen LogP contribution in [0.4, 0.5) is 15.8 Å². The fraction of sp³-hybridized carbons (Fsp3) is 0.125. The van der Waals surface area contributed by atoms with Crippen molar-refractivity contribution in [1.82, 2.24) is 0 Å². The highest BCUT2D eigenvalue weighted by atomic mass is 32.2. The molecule has 0 fully saturated rings. The molecule has 3 rings (SSSR count). The monoisotopic (exact) mass is 347 g/mol. The summed E-state index contributed by atoms with van der Waals surface area (Å²) in [6, 6.07) is 11.8. The zero-order chi connectivity index (χ0) is 17.2. The number of rotatable bonds is 4. The lowest BCUT2D eigenvalue weighted by molar-refractivity contribution is -0.116. The summed E-state index contributed by atoms with van der Waals surface area (Å²) in [5, 5.41) is 5.53. The van der Waals surface area contributed by atoms with Gasteiger partial charge in [-0.05, 0) is 36.4 Å². The van der Waals surface area contributed by atoms with E-state index in [2.05, 4.69) is 15.0 Å². The molecule has 0 unspecified atom stereocenters. The summed E-state index contributed by atoms with van der Waals surface area (Å²) in [7, 11) is -3.75. The first kappa shape index (κ1) is 16.1. The number of para-hydroxylation sites is 1. The van der Waals surface area contributed by atoms with Crippen LogP contribution in [0, 0.1) is 5.82 Å². The summed E-state index contributed by atoms with van der Waals surface area (Å²) in [5.41, 5.74) is 0.916. The second-order valence-corrected chi connectivity index (χ2v) is 6.76. The Morgan fingerprint density at radius 3 is 2.58 bits per heavy atom. The van der Waals surface area contributed by atoms with Gasteiger partial charge in [0.2, 0.25) is 5.91 Å². The average molecular weight is 347 g/mol. The normalized spacial score (nSPS) is 15.0. The van der Waals surface area contributed by atoms with Crippen LogP contribution in [0.3, 0.4) is 0 Å². The molecule has 8 heteroatoms. The highest BCUT2D eigenvalue weighted by Crippen LogP contribution is 2.27. The number of carbonyl (C=O) groups excluding carboxylic acids is 1. The van der Waals surface area contributed by atoms with Crippen LogP contribution in [0.25, 0.3) is 0 Å². The molecule has 24 heavy (non-hydrogen) atoms. The first-order valence-corrected chi connectivity index (χ1v) is 8.63. The van der Waals surface area contributed by atoms with Gasteiger partial charge in [0.1, 0.15) is 16.5 Å². The third kappa shape index (κ3) is 3.60. The van der Waals surface area contributed by atoms with Crippen molar-refractivity contribution in [2.45, 2.75) is 17.7 Å². The number of nitrogens with zero attached hydrogens (tertiary/aromatic N) is 1. The summed E-state index contributed by atoms with van der Waals surface area (Å²) in [6.45, 7) is 0. The van der Waals surface area contributed by atoms with E-state index in [1.165, 1.54) is 30.3 Å². The van der Waals surface area contributed by atoms with Crippen molar-refractivity contribution < 1.29 is 17.6 Å². The minimum atomic E-state index is -3.75. The van der Waals surface area contributed by atoms with Gasteiger partial charge in [0, 0.05) is 18.5 Å². The van der Waals surface area contributed by atoms with Gasteiger partial charge < -0.3 is 10.6 Å². The Balaban J connectivity index is 1.64. The number of hydrogen-bond donors (Lipinski definition) is 2. The average Bonchev–Trinajstić information content (AvgIpc) is 2.55. The Hall–Kier alpha value is -2.74. The van der Waals surface area contributed by atoms with Gasteiger partial charge in [-0.15, -0.1) is 4.40 Å². The molecule has 1 amide bonds. The van der Waals surface area contributed by atoms with Crippen LogP contribution in [0.15, 0.2) is 57.8 Å². The third-order valence-corrected chi connectivity index (χ3v) is 4.76. The Kier molecular flexibility index (Phi) is 4.30. The quantitative estimate of drug-likeness (QED) is 0.890. The van der Waals surface area contributed by atoms with Gasteiger partial charge in [0.05, 0.1) is 5.69 Å². The molecule has 0 saturated heterocycles. The topological polar surface area (TPSA) is 87.6 Å². The van der Waals surface area contributed by atoms with Gasteiger partial charge in [-0.3, -0.25) is 4.79 Å². The summed E-state index contributed by atoms with van der Waals surface area (Å²) in [5.74, 6) is -0.497. The van der Waals surface area contributed by atoms with E-state index in [1.54, 1.807) is 18.2 Å². The number of fused-ring (bicyclic) bond motifs is 1. The van der Waals surface area contributed by atoms with Gasteiger partial charge in [-0.25, -0.2) is 4.39 Å². The number of anilines is 2. The Bertz CT molecular complexity index is 908. The molecular formula is C16H14FN3O3S. The minimum absolute atomic E-state index is 0.0426. The summed E-state index contributed by atoms with van der Waals surface area (Å²) in [6.07, 6.45) is 0.182. The van der Waals surface area contributed by atoms with Crippen LogP contribution in [-0.4, -0.2) is 20.2 Å². The van der Waals surface area contributed by atoms with Crippen molar-refractivity contribution in [2.75, 3.05) is 10.6 Å². The lowest BCUT2D eigenvalue weighted by atomic mass is 10.2. The highest BCUT2D eigenvalue weighted by molar-refractivity contribution is 7.90. The predicted octanol–water partition coefficient (Wildman–Crippen LogP) is 2.76. The number of hydrogen-bond acceptors (Lipinski definition) is 4. The highest BCUT2D eigenvalue weighted by Gasteiger charge is 2.24. The van der Waals surface area contributed by atoms with Crippen LogP contribution >= 0.6 is 0 Å². The number of benzene rings is 2. The number of amides is 1.